The van der Waals surface area contributed by atoms with E-state index in [9.17, 15) is 4.79 Å². The number of piperidine rings is 1. The first-order chi connectivity index (χ1) is 10.6. The second kappa shape index (κ2) is 10.4. The summed E-state index contributed by atoms with van der Waals surface area (Å²) in [6, 6.07) is 5.12. The second-order valence-corrected chi connectivity index (χ2v) is 6.52. The Bertz CT molecular complexity index is 505. The molecule has 4 nitrogen and oxygen atoms in total. The molecule has 0 saturated carbocycles. The zero-order chi connectivity index (χ0) is 15.9. The predicted octanol–water partition coefficient (Wildman–Crippen LogP) is 3.68. The summed E-state index contributed by atoms with van der Waals surface area (Å²) in [7, 11) is 0. The number of hydrogen-bond acceptors (Lipinski definition) is 3. The van der Waals surface area contributed by atoms with Crippen LogP contribution in [-0.4, -0.2) is 43.5 Å². The third-order valence-electron chi connectivity index (χ3n) is 3.96. The highest BCUT2D eigenvalue weighted by atomic mass is 35.5. The van der Waals surface area contributed by atoms with E-state index in [1.54, 1.807) is 18.2 Å². The molecule has 1 saturated heterocycles. The SMILES string of the molecule is CCNCC1CCN(CC(=O)Nc2ccc(Cl)c(Cl)c2)CC1.Cl. The van der Waals surface area contributed by atoms with Gasteiger partial charge in [0.25, 0.3) is 0 Å². The molecule has 1 heterocycles. The van der Waals surface area contributed by atoms with Crippen LogP contribution in [0.1, 0.15) is 19.8 Å². The molecule has 1 aromatic carbocycles. The van der Waals surface area contributed by atoms with Crippen LogP contribution in [0.3, 0.4) is 0 Å². The van der Waals surface area contributed by atoms with E-state index in [1.807, 2.05) is 0 Å². The van der Waals surface area contributed by atoms with Gasteiger partial charge >= 0.3 is 0 Å². The van der Waals surface area contributed by atoms with Crippen molar-refractivity contribution < 1.29 is 4.79 Å². The Morgan fingerprint density at radius 1 is 1.26 bits per heavy atom. The number of carbonyl (C=O) groups is 1. The summed E-state index contributed by atoms with van der Waals surface area (Å²) >= 11 is 11.8. The number of rotatable bonds is 6. The van der Waals surface area contributed by atoms with Crippen LogP contribution in [0.4, 0.5) is 5.69 Å². The van der Waals surface area contributed by atoms with E-state index in [0.717, 1.165) is 44.9 Å². The van der Waals surface area contributed by atoms with E-state index in [0.29, 0.717) is 22.3 Å². The number of halogens is 3. The first-order valence-corrected chi connectivity index (χ1v) is 8.52. The molecule has 130 valence electrons. The fourth-order valence-corrected chi connectivity index (χ4v) is 2.97. The fraction of sp³-hybridized carbons (Fsp3) is 0.562. The zero-order valence-corrected chi connectivity index (χ0v) is 15.6. The van der Waals surface area contributed by atoms with Crippen molar-refractivity contribution >= 4 is 47.2 Å². The number of hydrogen-bond donors (Lipinski definition) is 2. The van der Waals surface area contributed by atoms with Gasteiger partial charge in [0.1, 0.15) is 0 Å². The summed E-state index contributed by atoms with van der Waals surface area (Å²) in [4.78, 5) is 14.3. The molecule has 2 rings (SSSR count). The highest BCUT2D eigenvalue weighted by molar-refractivity contribution is 6.42. The molecule has 7 heteroatoms. The fourth-order valence-electron chi connectivity index (χ4n) is 2.67. The van der Waals surface area contributed by atoms with Gasteiger partial charge in [-0.3, -0.25) is 9.69 Å². The molecule has 23 heavy (non-hydrogen) atoms. The number of anilines is 1. The van der Waals surface area contributed by atoms with E-state index in [4.69, 9.17) is 23.2 Å². The van der Waals surface area contributed by atoms with Crippen LogP contribution >= 0.6 is 35.6 Å². The summed E-state index contributed by atoms with van der Waals surface area (Å²) in [5, 5.41) is 7.20. The molecule has 1 fully saturated rings. The van der Waals surface area contributed by atoms with Crippen LogP contribution in [0.15, 0.2) is 18.2 Å². The van der Waals surface area contributed by atoms with Crippen molar-refractivity contribution in [3.05, 3.63) is 28.2 Å². The molecule has 0 atom stereocenters. The maximum atomic E-state index is 12.1. The van der Waals surface area contributed by atoms with Gasteiger partial charge in [0.05, 0.1) is 16.6 Å². The van der Waals surface area contributed by atoms with Crippen molar-refractivity contribution in [1.82, 2.24) is 10.2 Å². The van der Waals surface area contributed by atoms with E-state index in [-0.39, 0.29) is 18.3 Å². The molecule has 0 aromatic heterocycles. The zero-order valence-electron chi connectivity index (χ0n) is 13.3. The van der Waals surface area contributed by atoms with E-state index in [1.165, 1.54) is 0 Å². The number of benzene rings is 1. The molecule has 1 amide bonds. The summed E-state index contributed by atoms with van der Waals surface area (Å²) in [6.45, 7) is 6.61. The Kier molecular flexibility index (Phi) is 9.25. The molecule has 0 unspecified atom stereocenters. The van der Waals surface area contributed by atoms with Crippen molar-refractivity contribution in [2.45, 2.75) is 19.8 Å². The lowest BCUT2D eigenvalue weighted by Crippen LogP contribution is -2.41. The van der Waals surface area contributed by atoms with Gasteiger partial charge in [0.15, 0.2) is 0 Å². The van der Waals surface area contributed by atoms with Gasteiger partial charge in [-0.05, 0) is 63.1 Å². The second-order valence-electron chi connectivity index (χ2n) is 5.70. The first kappa shape index (κ1) is 20.5. The average Bonchev–Trinajstić information content (AvgIpc) is 2.50. The summed E-state index contributed by atoms with van der Waals surface area (Å²) < 4.78 is 0. The highest BCUT2D eigenvalue weighted by Gasteiger charge is 2.20. The summed E-state index contributed by atoms with van der Waals surface area (Å²) in [5.74, 6) is 0.720. The summed E-state index contributed by atoms with van der Waals surface area (Å²) in [5.41, 5.74) is 0.682. The van der Waals surface area contributed by atoms with Gasteiger partial charge in [-0.15, -0.1) is 12.4 Å². The molecule has 1 aromatic rings. The topological polar surface area (TPSA) is 44.4 Å². The molecule has 0 aliphatic carbocycles. The summed E-state index contributed by atoms with van der Waals surface area (Å²) in [6.07, 6.45) is 2.29. The number of carbonyl (C=O) groups excluding carboxylic acids is 1. The molecule has 1 aliphatic heterocycles. The Balaban J connectivity index is 0.00000264. The first-order valence-electron chi connectivity index (χ1n) is 7.76. The quantitative estimate of drug-likeness (QED) is 0.791. The van der Waals surface area contributed by atoms with Gasteiger partial charge in [-0.2, -0.15) is 0 Å². The van der Waals surface area contributed by atoms with Crippen LogP contribution < -0.4 is 10.6 Å². The Morgan fingerprint density at radius 3 is 2.57 bits per heavy atom. The maximum Gasteiger partial charge on any atom is 0.238 e. The Hall–Kier alpha value is -0.520. The minimum atomic E-state index is -0.0106. The molecule has 0 radical (unpaired) electrons. The third kappa shape index (κ3) is 6.86. The van der Waals surface area contributed by atoms with Crippen molar-refractivity contribution in [1.29, 1.82) is 0 Å². The van der Waals surface area contributed by atoms with E-state index in [2.05, 4.69) is 22.5 Å². The molecule has 1 aliphatic rings. The van der Waals surface area contributed by atoms with Crippen molar-refractivity contribution in [3.63, 3.8) is 0 Å². The number of nitrogens with zero attached hydrogens (tertiary/aromatic N) is 1. The van der Waals surface area contributed by atoms with Crippen LogP contribution in [0.5, 0.6) is 0 Å². The maximum absolute atomic E-state index is 12.1. The van der Waals surface area contributed by atoms with Gasteiger partial charge in [-0.1, -0.05) is 30.1 Å². The van der Waals surface area contributed by atoms with Crippen LogP contribution in [0.2, 0.25) is 10.0 Å². The minimum absolute atomic E-state index is 0. The standard InChI is InChI=1S/C16H23Cl2N3O.ClH/c1-2-19-10-12-5-7-21(8-6-12)11-16(22)20-13-3-4-14(17)15(18)9-13;/h3-4,9,12,19H,2,5-8,10-11H2,1H3,(H,20,22);1H. The number of nitrogens with one attached hydrogen (secondary N) is 2. The monoisotopic (exact) mass is 379 g/mol. The van der Waals surface area contributed by atoms with Gasteiger partial charge in [0, 0.05) is 5.69 Å². The smallest absolute Gasteiger partial charge is 0.238 e. The average molecular weight is 381 g/mol. The largest absolute Gasteiger partial charge is 0.325 e. The number of amides is 1. The molecule has 0 spiro atoms. The Labute approximate surface area is 154 Å². The van der Waals surface area contributed by atoms with Gasteiger partial charge in [0.2, 0.25) is 5.91 Å². The van der Waals surface area contributed by atoms with Crippen LogP contribution in [0.25, 0.3) is 0 Å². The van der Waals surface area contributed by atoms with E-state index < -0.39 is 0 Å². The minimum Gasteiger partial charge on any atom is -0.325 e. The Morgan fingerprint density at radius 2 is 1.96 bits per heavy atom. The van der Waals surface area contributed by atoms with Crippen molar-refractivity contribution in [2.24, 2.45) is 5.92 Å². The third-order valence-corrected chi connectivity index (χ3v) is 4.70. The van der Waals surface area contributed by atoms with Crippen molar-refractivity contribution in [3.8, 4) is 0 Å². The predicted molar refractivity (Wildman–Crippen MR) is 100 cm³/mol. The lowest BCUT2D eigenvalue weighted by atomic mass is 9.97. The van der Waals surface area contributed by atoms with E-state index >= 15 is 0 Å². The molecule has 2 N–H and O–H groups in total. The molecular weight excluding hydrogens is 357 g/mol. The normalized spacial score (nSPS) is 16.0. The highest BCUT2D eigenvalue weighted by Crippen LogP contribution is 2.25. The van der Waals surface area contributed by atoms with Gasteiger partial charge in [-0.25, -0.2) is 0 Å². The number of likely N-dealkylation sites (tertiary alicyclic amines) is 1. The van der Waals surface area contributed by atoms with Gasteiger partial charge < -0.3 is 10.6 Å². The lowest BCUT2D eigenvalue weighted by molar-refractivity contribution is -0.117. The van der Waals surface area contributed by atoms with Crippen LogP contribution in [-0.2, 0) is 4.79 Å². The molecular formula is C16H24Cl3N3O. The molecule has 0 bridgehead atoms. The van der Waals surface area contributed by atoms with Crippen molar-refractivity contribution in [2.75, 3.05) is 38.0 Å². The van der Waals surface area contributed by atoms with Crippen LogP contribution in [0, 0.1) is 5.92 Å². The lowest BCUT2D eigenvalue weighted by Gasteiger charge is -2.31.